The molecule has 3 atom stereocenters. The van der Waals surface area contributed by atoms with Gasteiger partial charge in [-0.05, 0) is 56.9 Å². The van der Waals surface area contributed by atoms with E-state index in [0.717, 1.165) is 18.5 Å². The third-order valence-corrected chi connectivity index (χ3v) is 5.55. The van der Waals surface area contributed by atoms with Gasteiger partial charge in [0.05, 0.1) is 11.9 Å². The highest BCUT2D eigenvalue weighted by Crippen LogP contribution is 2.36. The minimum Gasteiger partial charge on any atom is -0.484 e. The van der Waals surface area contributed by atoms with E-state index in [-0.39, 0.29) is 42.4 Å². The Labute approximate surface area is 168 Å². The Kier molecular flexibility index (Phi) is 5.42. The van der Waals surface area contributed by atoms with Gasteiger partial charge in [0.2, 0.25) is 0 Å². The summed E-state index contributed by atoms with van der Waals surface area (Å²) in [5, 5.41) is 3.03. The molecule has 0 radical (unpaired) electrons. The number of amides is 2. The summed E-state index contributed by atoms with van der Waals surface area (Å²) in [5.41, 5.74) is 1.06. The highest BCUT2D eigenvalue weighted by atomic mass is 19.1. The van der Waals surface area contributed by atoms with Crippen LogP contribution in [0.15, 0.2) is 36.7 Å². The normalized spacial score (nSPS) is 23.0. The van der Waals surface area contributed by atoms with Gasteiger partial charge in [-0.25, -0.2) is 9.37 Å². The number of aryl methyl sites for hydroxylation is 1. The van der Waals surface area contributed by atoms with Crippen LogP contribution in [0.25, 0.3) is 0 Å². The molecule has 2 aliphatic rings. The molecule has 2 aromatic rings. The number of carbonyl (C=O) groups excluding carboxylic acids is 2. The van der Waals surface area contributed by atoms with Gasteiger partial charge < -0.3 is 15.0 Å². The standard InChI is InChI=1S/C21H23FN4O3/c1-13-10-24-19(11-23-13)21(28)25-15-8-16-4-5-17(9-15)26(16)20(27)12-29-18-6-2-14(22)3-7-18/h2-3,6-7,10-11,15-17H,4-5,8-9,12H2,1H3,(H,25,28)/t15?,16-,17+. The molecule has 0 aliphatic carbocycles. The zero-order valence-corrected chi connectivity index (χ0v) is 16.2. The summed E-state index contributed by atoms with van der Waals surface area (Å²) in [6, 6.07) is 5.80. The fraction of sp³-hybridized carbons (Fsp3) is 0.429. The van der Waals surface area contributed by atoms with Crippen LogP contribution in [-0.4, -0.2) is 51.4 Å². The summed E-state index contributed by atoms with van der Waals surface area (Å²) in [5.74, 6) is -0.187. The van der Waals surface area contributed by atoms with E-state index in [1.54, 1.807) is 6.20 Å². The van der Waals surface area contributed by atoms with Gasteiger partial charge in [-0.2, -0.15) is 0 Å². The quantitative estimate of drug-likeness (QED) is 0.835. The molecule has 2 fully saturated rings. The van der Waals surface area contributed by atoms with Crippen LogP contribution in [0.5, 0.6) is 5.75 Å². The average Bonchev–Trinajstić information content (AvgIpc) is 2.98. The van der Waals surface area contributed by atoms with Crippen molar-refractivity contribution in [3.8, 4) is 5.75 Å². The molecule has 2 saturated heterocycles. The lowest BCUT2D eigenvalue weighted by Crippen LogP contribution is -2.53. The second kappa shape index (κ2) is 8.14. The highest BCUT2D eigenvalue weighted by molar-refractivity contribution is 5.92. The number of carbonyl (C=O) groups is 2. The molecule has 3 heterocycles. The monoisotopic (exact) mass is 398 g/mol. The third kappa shape index (κ3) is 4.36. The van der Waals surface area contributed by atoms with Crippen LogP contribution in [0.3, 0.4) is 0 Å². The van der Waals surface area contributed by atoms with Crippen LogP contribution >= 0.6 is 0 Å². The van der Waals surface area contributed by atoms with Crippen molar-refractivity contribution in [2.45, 2.75) is 50.7 Å². The molecule has 1 unspecified atom stereocenters. The molecular formula is C21H23FN4O3. The molecule has 2 amide bonds. The van der Waals surface area contributed by atoms with E-state index < -0.39 is 0 Å². The molecule has 8 heteroatoms. The first-order valence-corrected chi connectivity index (χ1v) is 9.78. The van der Waals surface area contributed by atoms with Gasteiger partial charge in [0.25, 0.3) is 11.8 Å². The van der Waals surface area contributed by atoms with E-state index in [1.807, 2.05) is 11.8 Å². The lowest BCUT2D eigenvalue weighted by atomic mass is 9.97. The van der Waals surface area contributed by atoms with Crippen molar-refractivity contribution in [3.63, 3.8) is 0 Å². The van der Waals surface area contributed by atoms with Gasteiger partial charge in [0.1, 0.15) is 17.3 Å². The Balaban J connectivity index is 1.32. The van der Waals surface area contributed by atoms with Gasteiger partial charge in [0.15, 0.2) is 6.61 Å². The summed E-state index contributed by atoms with van der Waals surface area (Å²) in [7, 11) is 0. The number of hydrogen-bond acceptors (Lipinski definition) is 5. The predicted molar refractivity (Wildman–Crippen MR) is 103 cm³/mol. The van der Waals surface area contributed by atoms with E-state index in [4.69, 9.17) is 4.74 Å². The maximum atomic E-state index is 13.0. The molecule has 2 aliphatic heterocycles. The second-order valence-corrected chi connectivity index (χ2v) is 7.61. The number of halogens is 1. The summed E-state index contributed by atoms with van der Waals surface area (Å²) in [4.78, 5) is 35.2. The van der Waals surface area contributed by atoms with E-state index in [2.05, 4.69) is 15.3 Å². The molecule has 1 N–H and O–H groups in total. The van der Waals surface area contributed by atoms with Gasteiger partial charge in [0, 0.05) is 24.3 Å². The molecule has 4 rings (SSSR count). The number of rotatable bonds is 5. The summed E-state index contributed by atoms with van der Waals surface area (Å²) in [6.07, 6.45) is 6.31. The Morgan fingerprint density at radius 1 is 1.14 bits per heavy atom. The maximum Gasteiger partial charge on any atom is 0.271 e. The van der Waals surface area contributed by atoms with Crippen molar-refractivity contribution < 1.29 is 18.7 Å². The number of benzene rings is 1. The summed E-state index contributed by atoms with van der Waals surface area (Å²) < 4.78 is 18.5. The highest BCUT2D eigenvalue weighted by Gasteiger charge is 2.43. The van der Waals surface area contributed by atoms with E-state index >= 15 is 0 Å². The molecule has 29 heavy (non-hydrogen) atoms. The molecule has 1 aromatic heterocycles. The Morgan fingerprint density at radius 3 is 2.45 bits per heavy atom. The van der Waals surface area contributed by atoms with Gasteiger partial charge in [-0.3, -0.25) is 14.6 Å². The summed E-state index contributed by atoms with van der Waals surface area (Å²) >= 11 is 0. The second-order valence-electron chi connectivity index (χ2n) is 7.61. The first kappa shape index (κ1) is 19.3. The maximum absolute atomic E-state index is 13.0. The number of hydrogen-bond donors (Lipinski definition) is 1. The molecule has 2 bridgehead atoms. The van der Waals surface area contributed by atoms with Crippen LogP contribution in [0, 0.1) is 12.7 Å². The van der Waals surface area contributed by atoms with Gasteiger partial charge >= 0.3 is 0 Å². The van der Waals surface area contributed by atoms with Crippen molar-refractivity contribution in [2.24, 2.45) is 0 Å². The fourth-order valence-corrected chi connectivity index (χ4v) is 4.22. The van der Waals surface area contributed by atoms with Gasteiger partial charge in [-0.15, -0.1) is 0 Å². The van der Waals surface area contributed by atoms with Crippen molar-refractivity contribution in [3.05, 3.63) is 53.9 Å². The average molecular weight is 398 g/mol. The number of ether oxygens (including phenoxy) is 1. The number of nitrogens with one attached hydrogen (secondary N) is 1. The lowest BCUT2D eigenvalue weighted by molar-refractivity contribution is -0.138. The summed E-state index contributed by atoms with van der Waals surface area (Å²) in [6.45, 7) is 1.74. The van der Waals surface area contributed by atoms with Crippen molar-refractivity contribution in [2.75, 3.05) is 6.61 Å². The third-order valence-electron chi connectivity index (χ3n) is 5.55. The van der Waals surface area contributed by atoms with E-state index in [0.29, 0.717) is 24.3 Å². The van der Waals surface area contributed by atoms with E-state index in [9.17, 15) is 14.0 Å². The molecule has 7 nitrogen and oxygen atoms in total. The van der Waals surface area contributed by atoms with Crippen LogP contribution in [0.1, 0.15) is 41.9 Å². The largest absolute Gasteiger partial charge is 0.484 e. The molecule has 0 spiro atoms. The first-order valence-electron chi connectivity index (χ1n) is 9.78. The van der Waals surface area contributed by atoms with Crippen molar-refractivity contribution >= 4 is 11.8 Å². The van der Waals surface area contributed by atoms with Gasteiger partial charge in [-0.1, -0.05) is 0 Å². The van der Waals surface area contributed by atoms with Crippen molar-refractivity contribution in [1.29, 1.82) is 0 Å². The van der Waals surface area contributed by atoms with Crippen molar-refractivity contribution in [1.82, 2.24) is 20.2 Å². The van der Waals surface area contributed by atoms with Crippen LogP contribution in [0.4, 0.5) is 4.39 Å². The zero-order valence-electron chi connectivity index (χ0n) is 16.2. The topological polar surface area (TPSA) is 84.4 Å². The number of fused-ring (bicyclic) bond motifs is 2. The molecule has 1 aromatic carbocycles. The Bertz CT molecular complexity index is 874. The van der Waals surface area contributed by atoms with E-state index in [1.165, 1.54) is 30.5 Å². The fourth-order valence-electron chi connectivity index (χ4n) is 4.22. The molecular weight excluding hydrogens is 375 g/mol. The first-order chi connectivity index (χ1) is 14.0. The predicted octanol–water partition coefficient (Wildman–Crippen LogP) is 2.25. The minimum absolute atomic E-state index is 0.00479. The minimum atomic E-state index is -0.345. The van der Waals surface area contributed by atoms with Crippen LogP contribution < -0.4 is 10.1 Å². The Hall–Kier alpha value is -3.03. The number of aromatic nitrogens is 2. The SMILES string of the molecule is Cc1cnc(C(=O)NC2C[C@H]3CC[C@@H](C2)N3C(=O)COc2ccc(F)cc2)cn1. The number of piperidine rings is 1. The van der Waals surface area contributed by atoms with Crippen LogP contribution in [-0.2, 0) is 4.79 Å². The molecule has 152 valence electrons. The Morgan fingerprint density at radius 2 is 1.83 bits per heavy atom. The number of nitrogens with zero attached hydrogens (tertiary/aromatic N) is 3. The zero-order chi connectivity index (χ0) is 20.4. The molecule has 0 saturated carbocycles. The smallest absolute Gasteiger partial charge is 0.271 e. The lowest BCUT2D eigenvalue weighted by Gasteiger charge is -2.39. The van der Waals surface area contributed by atoms with Crippen LogP contribution in [0.2, 0.25) is 0 Å².